The fourth-order valence-corrected chi connectivity index (χ4v) is 6.39. The molecule has 3 amide bonds. The predicted octanol–water partition coefficient (Wildman–Crippen LogP) is 2.24. The number of carbonyl (C=O) groups excluding carboxylic acids is 4. The number of nitrogens with zero attached hydrogens (tertiary/aromatic N) is 1. The molecule has 3 unspecified atom stereocenters. The van der Waals surface area contributed by atoms with Crippen LogP contribution in [0.2, 0.25) is 0 Å². The summed E-state index contributed by atoms with van der Waals surface area (Å²) in [5.74, 6) is -0.702. The smallest absolute Gasteiger partial charge is 0.271 e. The van der Waals surface area contributed by atoms with Gasteiger partial charge >= 0.3 is 0 Å². The second kappa shape index (κ2) is 10.1. The SMILES string of the molecule is COc1cccc2[nH]c(C(=O)N3CC4CCCC4C3C(=O)N[C@@H](C[C@@H]3CCNC3=O)C(=O)CCl)cc12. The number of aromatic nitrogens is 1. The molecule has 3 fully saturated rings. The van der Waals surface area contributed by atoms with Gasteiger partial charge in [-0.1, -0.05) is 12.5 Å². The molecule has 2 aromatic rings. The van der Waals surface area contributed by atoms with Crippen LogP contribution in [0.3, 0.4) is 0 Å². The highest BCUT2D eigenvalue weighted by Crippen LogP contribution is 2.43. The average molecular weight is 515 g/mol. The van der Waals surface area contributed by atoms with Crippen LogP contribution >= 0.6 is 11.6 Å². The molecule has 10 heteroatoms. The molecule has 0 spiro atoms. The molecular weight excluding hydrogens is 484 g/mol. The molecule has 3 heterocycles. The molecule has 1 aromatic carbocycles. The highest BCUT2D eigenvalue weighted by atomic mass is 35.5. The number of alkyl halides is 1. The Morgan fingerprint density at radius 2 is 2.08 bits per heavy atom. The van der Waals surface area contributed by atoms with E-state index in [1.54, 1.807) is 18.1 Å². The van der Waals surface area contributed by atoms with E-state index in [-0.39, 0.29) is 53.6 Å². The van der Waals surface area contributed by atoms with Crippen LogP contribution in [0.25, 0.3) is 10.9 Å². The van der Waals surface area contributed by atoms with E-state index in [4.69, 9.17) is 16.3 Å². The van der Waals surface area contributed by atoms with Crippen LogP contribution in [-0.2, 0) is 14.4 Å². The van der Waals surface area contributed by atoms with Crippen LogP contribution in [0.15, 0.2) is 24.3 Å². The minimum Gasteiger partial charge on any atom is -0.496 e. The second-order valence-electron chi connectivity index (χ2n) is 10.0. The van der Waals surface area contributed by atoms with Crippen molar-refractivity contribution in [3.8, 4) is 5.75 Å². The summed E-state index contributed by atoms with van der Waals surface area (Å²) in [6, 6.07) is 5.78. The van der Waals surface area contributed by atoms with E-state index in [1.165, 1.54) is 0 Å². The van der Waals surface area contributed by atoms with Gasteiger partial charge in [-0.2, -0.15) is 0 Å². The molecular formula is C26H31ClN4O5. The number of nitrogens with one attached hydrogen (secondary N) is 3. The summed E-state index contributed by atoms with van der Waals surface area (Å²) in [4.78, 5) is 56.9. The number of H-pyrrole nitrogens is 1. The van der Waals surface area contributed by atoms with Crippen molar-refractivity contribution < 1.29 is 23.9 Å². The van der Waals surface area contributed by atoms with E-state index in [2.05, 4.69) is 15.6 Å². The summed E-state index contributed by atoms with van der Waals surface area (Å²) in [6.45, 7) is 1.05. The van der Waals surface area contributed by atoms with Crippen LogP contribution in [0.4, 0.5) is 0 Å². The lowest BCUT2D eigenvalue weighted by molar-refractivity contribution is -0.131. The number of rotatable bonds is 8. The maximum Gasteiger partial charge on any atom is 0.271 e. The number of Topliss-reactive ketones (excluding diaryl/α,β-unsaturated/α-hetero) is 1. The number of amides is 3. The van der Waals surface area contributed by atoms with Crippen molar-refractivity contribution in [2.24, 2.45) is 17.8 Å². The van der Waals surface area contributed by atoms with Gasteiger partial charge in [0.1, 0.15) is 17.5 Å². The van der Waals surface area contributed by atoms with E-state index >= 15 is 0 Å². The van der Waals surface area contributed by atoms with Gasteiger partial charge < -0.3 is 25.3 Å². The Labute approximate surface area is 214 Å². The van der Waals surface area contributed by atoms with Gasteiger partial charge in [0.25, 0.3) is 5.91 Å². The lowest BCUT2D eigenvalue weighted by Crippen LogP contribution is -2.53. The highest BCUT2D eigenvalue weighted by Gasteiger charge is 2.50. The third kappa shape index (κ3) is 4.45. The number of ketones is 1. The number of methoxy groups -OCH3 is 1. The Bertz CT molecular complexity index is 1200. The van der Waals surface area contributed by atoms with Crippen molar-refractivity contribution in [2.75, 3.05) is 26.1 Å². The number of halogens is 1. The predicted molar refractivity (Wildman–Crippen MR) is 134 cm³/mol. The largest absolute Gasteiger partial charge is 0.496 e. The van der Waals surface area contributed by atoms with Crippen molar-refractivity contribution >= 4 is 46.0 Å². The first kappa shape index (κ1) is 24.6. The van der Waals surface area contributed by atoms with Gasteiger partial charge in [-0.25, -0.2) is 0 Å². The molecule has 0 radical (unpaired) electrons. The minimum atomic E-state index is -0.862. The minimum absolute atomic E-state index is 0.0365. The average Bonchev–Trinajstić information content (AvgIpc) is 3.66. The number of likely N-dealkylation sites (tertiary alicyclic amines) is 1. The first-order valence-corrected chi connectivity index (χ1v) is 13.1. The zero-order chi connectivity index (χ0) is 25.4. The summed E-state index contributed by atoms with van der Waals surface area (Å²) in [7, 11) is 1.58. The molecule has 9 nitrogen and oxygen atoms in total. The molecule has 5 atom stereocenters. The Morgan fingerprint density at radius 3 is 2.81 bits per heavy atom. The highest BCUT2D eigenvalue weighted by molar-refractivity contribution is 6.28. The third-order valence-electron chi connectivity index (χ3n) is 8.01. The normalized spacial score (nSPS) is 26.1. The quantitative estimate of drug-likeness (QED) is 0.466. The van der Waals surface area contributed by atoms with Crippen LogP contribution in [-0.4, -0.2) is 71.6 Å². The molecule has 0 bridgehead atoms. The molecule has 1 aliphatic carbocycles. The number of hydrogen-bond acceptors (Lipinski definition) is 5. The lowest BCUT2D eigenvalue weighted by Gasteiger charge is -2.29. The van der Waals surface area contributed by atoms with E-state index in [0.717, 1.165) is 30.2 Å². The Kier molecular flexibility index (Phi) is 6.92. The molecule has 1 saturated carbocycles. The summed E-state index contributed by atoms with van der Waals surface area (Å²) in [6.07, 6.45) is 3.65. The summed E-state index contributed by atoms with van der Waals surface area (Å²) in [5.41, 5.74) is 1.17. The molecule has 2 saturated heterocycles. The number of fused-ring (bicyclic) bond motifs is 2. The zero-order valence-electron chi connectivity index (χ0n) is 20.2. The van der Waals surface area contributed by atoms with Gasteiger partial charge in [0, 0.05) is 29.9 Å². The van der Waals surface area contributed by atoms with Crippen LogP contribution < -0.4 is 15.4 Å². The number of ether oxygens (including phenoxy) is 1. The molecule has 192 valence electrons. The zero-order valence-corrected chi connectivity index (χ0v) is 21.0. The van der Waals surface area contributed by atoms with Crippen molar-refractivity contribution in [1.82, 2.24) is 20.5 Å². The van der Waals surface area contributed by atoms with Gasteiger partial charge in [0.2, 0.25) is 11.8 Å². The Balaban J connectivity index is 1.39. The first-order chi connectivity index (χ1) is 17.4. The second-order valence-corrected chi connectivity index (χ2v) is 10.3. The molecule has 1 aromatic heterocycles. The first-order valence-electron chi connectivity index (χ1n) is 12.5. The molecule has 3 aliphatic rings. The topological polar surface area (TPSA) is 121 Å². The van der Waals surface area contributed by atoms with Gasteiger partial charge in [-0.3, -0.25) is 19.2 Å². The fraction of sp³-hybridized carbons (Fsp3) is 0.538. The Morgan fingerprint density at radius 1 is 1.25 bits per heavy atom. The molecule has 36 heavy (non-hydrogen) atoms. The van der Waals surface area contributed by atoms with Crippen LogP contribution in [0.5, 0.6) is 5.75 Å². The summed E-state index contributed by atoms with van der Waals surface area (Å²) < 4.78 is 5.42. The van der Waals surface area contributed by atoms with E-state index < -0.39 is 12.1 Å². The van der Waals surface area contributed by atoms with E-state index in [0.29, 0.717) is 31.0 Å². The molecule has 2 aliphatic heterocycles. The maximum atomic E-state index is 13.7. The summed E-state index contributed by atoms with van der Waals surface area (Å²) in [5, 5.41) is 6.44. The van der Waals surface area contributed by atoms with Crippen molar-refractivity contribution in [1.29, 1.82) is 0 Å². The van der Waals surface area contributed by atoms with Gasteiger partial charge in [0.15, 0.2) is 5.78 Å². The lowest BCUT2D eigenvalue weighted by atomic mass is 9.92. The van der Waals surface area contributed by atoms with Gasteiger partial charge in [0.05, 0.1) is 19.0 Å². The number of hydrogen-bond donors (Lipinski definition) is 3. The molecule has 3 N–H and O–H groups in total. The standard InChI is InChI=1S/C26H31ClN4O5/c1-36-22-7-3-6-18-17(22)11-20(29-18)26(35)31-13-15-4-2-5-16(15)23(31)25(34)30-19(21(32)12-27)10-14-8-9-28-24(14)33/h3,6-7,11,14-16,19,23,29H,2,4-5,8-10,12-13H2,1H3,(H,28,33)(H,30,34)/t14-,15?,16?,19-,23?/m0/s1. The van der Waals surface area contributed by atoms with Crippen molar-refractivity contribution in [3.05, 3.63) is 30.0 Å². The Hall–Kier alpha value is -3.07. The van der Waals surface area contributed by atoms with Crippen LogP contribution in [0, 0.1) is 17.8 Å². The number of aromatic amines is 1. The van der Waals surface area contributed by atoms with Gasteiger partial charge in [-0.05, 0) is 55.7 Å². The van der Waals surface area contributed by atoms with Gasteiger partial charge in [-0.15, -0.1) is 11.6 Å². The maximum absolute atomic E-state index is 13.7. The van der Waals surface area contributed by atoms with E-state index in [9.17, 15) is 19.2 Å². The molecule has 5 rings (SSSR count). The third-order valence-corrected chi connectivity index (χ3v) is 8.28. The number of carbonyl (C=O) groups is 4. The fourth-order valence-electron chi connectivity index (χ4n) is 6.20. The number of benzene rings is 1. The van der Waals surface area contributed by atoms with Crippen molar-refractivity contribution in [2.45, 2.75) is 44.2 Å². The van der Waals surface area contributed by atoms with E-state index in [1.807, 2.05) is 18.2 Å². The van der Waals surface area contributed by atoms with Crippen molar-refractivity contribution in [3.63, 3.8) is 0 Å². The van der Waals surface area contributed by atoms with Crippen LogP contribution in [0.1, 0.15) is 42.6 Å². The monoisotopic (exact) mass is 514 g/mol. The summed E-state index contributed by atoms with van der Waals surface area (Å²) >= 11 is 5.84.